The van der Waals surface area contributed by atoms with Gasteiger partial charge in [-0.15, -0.1) is 0 Å². The lowest BCUT2D eigenvalue weighted by Crippen LogP contribution is -2.19. The Morgan fingerprint density at radius 3 is 2.43 bits per heavy atom. The molecule has 0 aromatic heterocycles. The summed E-state index contributed by atoms with van der Waals surface area (Å²) >= 11 is 0. The van der Waals surface area contributed by atoms with Crippen molar-refractivity contribution in [3.63, 3.8) is 0 Å². The van der Waals surface area contributed by atoms with E-state index in [0.29, 0.717) is 6.61 Å². The largest absolute Gasteiger partial charge is 0.496 e. The van der Waals surface area contributed by atoms with Crippen LogP contribution in [0.2, 0.25) is 0 Å². The molecule has 120 valence electrons. The van der Waals surface area contributed by atoms with Crippen LogP contribution in [0.25, 0.3) is 0 Å². The third-order valence-corrected chi connectivity index (χ3v) is 3.69. The molecule has 23 heavy (non-hydrogen) atoms. The molecular weight excluding hydrogens is 292 g/mol. The molecule has 0 fully saturated rings. The minimum absolute atomic E-state index is 0.372. The van der Waals surface area contributed by atoms with Crippen LogP contribution >= 0.6 is 0 Å². The van der Waals surface area contributed by atoms with Crippen molar-refractivity contribution < 1.29 is 14.2 Å². The van der Waals surface area contributed by atoms with Gasteiger partial charge in [-0.2, -0.15) is 0 Å². The van der Waals surface area contributed by atoms with Gasteiger partial charge in [0.1, 0.15) is 29.7 Å². The molecule has 1 N–H and O–H groups in total. The molecule has 1 aliphatic heterocycles. The summed E-state index contributed by atoms with van der Waals surface area (Å²) in [4.78, 5) is 4.43. The first-order valence-electron chi connectivity index (χ1n) is 7.53. The zero-order chi connectivity index (χ0) is 16.1. The third kappa shape index (κ3) is 3.39. The van der Waals surface area contributed by atoms with E-state index >= 15 is 0 Å². The van der Waals surface area contributed by atoms with Gasteiger partial charge in [-0.25, -0.2) is 0 Å². The molecule has 5 nitrogen and oxygen atoms in total. The highest BCUT2D eigenvalue weighted by Crippen LogP contribution is 2.29. The number of amidine groups is 1. The molecule has 2 aromatic rings. The summed E-state index contributed by atoms with van der Waals surface area (Å²) in [6.07, 6.45) is 0. The topological polar surface area (TPSA) is 52.1 Å². The van der Waals surface area contributed by atoms with Gasteiger partial charge in [0.25, 0.3) is 0 Å². The molecule has 0 saturated carbocycles. The third-order valence-electron chi connectivity index (χ3n) is 3.69. The maximum absolute atomic E-state index is 5.93. The summed E-state index contributed by atoms with van der Waals surface area (Å²) < 4.78 is 16.7. The molecule has 0 saturated heterocycles. The Balaban J connectivity index is 1.77. The smallest absolute Gasteiger partial charge is 0.129 e. The van der Waals surface area contributed by atoms with Gasteiger partial charge < -0.3 is 19.5 Å². The zero-order valence-electron chi connectivity index (χ0n) is 13.3. The molecular formula is C18H20N2O3. The highest BCUT2D eigenvalue weighted by molar-refractivity contribution is 6.00. The van der Waals surface area contributed by atoms with Crippen molar-refractivity contribution in [1.82, 2.24) is 5.32 Å². The number of hydrogen-bond donors (Lipinski definition) is 1. The van der Waals surface area contributed by atoms with E-state index in [-0.39, 0.29) is 0 Å². The fraction of sp³-hybridized carbons (Fsp3) is 0.278. The van der Waals surface area contributed by atoms with Crippen molar-refractivity contribution in [1.29, 1.82) is 0 Å². The van der Waals surface area contributed by atoms with Crippen LogP contribution in [0, 0.1) is 0 Å². The lowest BCUT2D eigenvalue weighted by atomic mass is 10.1. The number of nitrogens with zero attached hydrogens (tertiary/aromatic N) is 1. The molecule has 5 heteroatoms. The number of rotatable bonds is 6. The number of nitrogens with one attached hydrogen (secondary N) is 1. The first-order chi connectivity index (χ1) is 11.3. The fourth-order valence-corrected chi connectivity index (χ4v) is 2.55. The van der Waals surface area contributed by atoms with Crippen molar-refractivity contribution in [3.8, 4) is 17.2 Å². The molecule has 0 unspecified atom stereocenters. The Hall–Kier alpha value is -2.69. The van der Waals surface area contributed by atoms with Crippen LogP contribution in [0.1, 0.15) is 11.1 Å². The molecule has 2 aromatic carbocycles. The normalized spacial score (nSPS) is 13.2. The average molecular weight is 312 g/mol. The van der Waals surface area contributed by atoms with Gasteiger partial charge in [0.15, 0.2) is 0 Å². The second kappa shape index (κ2) is 7.05. The highest BCUT2D eigenvalue weighted by atomic mass is 16.5. The van der Waals surface area contributed by atoms with Gasteiger partial charge in [-0.3, -0.25) is 4.99 Å². The Morgan fingerprint density at radius 1 is 1.04 bits per heavy atom. The van der Waals surface area contributed by atoms with Crippen molar-refractivity contribution in [2.24, 2.45) is 4.99 Å². The van der Waals surface area contributed by atoms with E-state index in [2.05, 4.69) is 10.3 Å². The van der Waals surface area contributed by atoms with Crippen LogP contribution in [-0.4, -0.2) is 33.1 Å². The molecule has 1 heterocycles. The van der Waals surface area contributed by atoms with Crippen molar-refractivity contribution in [2.75, 3.05) is 27.3 Å². The zero-order valence-corrected chi connectivity index (χ0v) is 13.3. The SMILES string of the molecule is COc1cccc(OC)c1COc1cccc(C2=NCCN2)c1. The van der Waals surface area contributed by atoms with Gasteiger partial charge in [0.2, 0.25) is 0 Å². The van der Waals surface area contributed by atoms with Crippen LogP contribution in [0.4, 0.5) is 0 Å². The summed E-state index contributed by atoms with van der Waals surface area (Å²) in [6, 6.07) is 13.6. The fourth-order valence-electron chi connectivity index (χ4n) is 2.55. The summed E-state index contributed by atoms with van der Waals surface area (Å²) in [6.45, 7) is 2.08. The number of ether oxygens (including phenoxy) is 3. The Labute approximate surface area is 135 Å². The Bertz CT molecular complexity index is 691. The molecule has 0 aliphatic carbocycles. The summed E-state index contributed by atoms with van der Waals surface area (Å²) in [5.74, 6) is 3.21. The average Bonchev–Trinajstić information content (AvgIpc) is 3.14. The second-order valence-corrected chi connectivity index (χ2v) is 5.11. The predicted molar refractivity (Wildman–Crippen MR) is 89.7 cm³/mol. The van der Waals surface area contributed by atoms with E-state index < -0.39 is 0 Å². The molecule has 0 bridgehead atoms. The molecule has 3 rings (SSSR count). The van der Waals surface area contributed by atoms with Crippen LogP contribution < -0.4 is 19.5 Å². The predicted octanol–water partition coefficient (Wildman–Crippen LogP) is 2.63. The minimum atomic E-state index is 0.372. The van der Waals surface area contributed by atoms with Crippen LogP contribution in [0.5, 0.6) is 17.2 Å². The van der Waals surface area contributed by atoms with E-state index in [0.717, 1.165) is 47.3 Å². The summed E-state index contributed by atoms with van der Waals surface area (Å²) in [5, 5.41) is 3.26. The van der Waals surface area contributed by atoms with E-state index in [9.17, 15) is 0 Å². The molecule has 0 atom stereocenters. The lowest BCUT2D eigenvalue weighted by molar-refractivity contribution is 0.286. The van der Waals surface area contributed by atoms with E-state index in [1.165, 1.54) is 0 Å². The highest BCUT2D eigenvalue weighted by Gasteiger charge is 2.12. The van der Waals surface area contributed by atoms with Gasteiger partial charge >= 0.3 is 0 Å². The van der Waals surface area contributed by atoms with Gasteiger partial charge in [0.05, 0.1) is 26.3 Å². The van der Waals surface area contributed by atoms with Crippen LogP contribution in [0.3, 0.4) is 0 Å². The first-order valence-corrected chi connectivity index (χ1v) is 7.53. The maximum Gasteiger partial charge on any atom is 0.129 e. The maximum atomic E-state index is 5.93. The standard InChI is InChI=1S/C18H20N2O3/c1-21-16-7-4-8-17(22-2)15(16)12-23-14-6-3-5-13(11-14)18-19-9-10-20-18/h3-8,11H,9-10,12H2,1-2H3,(H,19,20). The van der Waals surface area contributed by atoms with Crippen molar-refractivity contribution >= 4 is 5.84 Å². The van der Waals surface area contributed by atoms with E-state index in [1.54, 1.807) is 14.2 Å². The van der Waals surface area contributed by atoms with Gasteiger partial charge in [-0.1, -0.05) is 18.2 Å². The van der Waals surface area contributed by atoms with Gasteiger partial charge in [-0.05, 0) is 24.3 Å². The van der Waals surface area contributed by atoms with Crippen LogP contribution in [-0.2, 0) is 6.61 Å². The lowest BCUT2D eigenvalue weighted by Gasteiger charge is -2.14. The summed E-state index contributed by atoms with van der Waals surface area (Å²) in [7, 11) is 3.28. The van der Waals surface area contributed by atoms with Crippen molar-refractivity contribution in [2.45, 2.75) is 6.61 Å². The van der Waals surface area contributed by atoms with E-state index in [4.69, 9.17) is 14.2 Å². The number of methoxy groups -OCH3 is 2. The molecule has 1 aliphatic rings. The van der Waals surface area contributed by atoms with Gasteiger partial charge in [0, 0.05) is 12.1 Å². The number of aliphatic imine (C=N–C) groups is 1. The summed E-state index contributed by atoms with van der Waals surface area (Å²) in [5.41, 5.74) is 1.92. The van der Waals surface area contributed by atoms with E-state index in [1.807, 2.05) is 42.5 Å². The Morgan fingerprint density at radius 2 is 1.78 bits per heavy atom. The monoisotopic (exact) mass is 312 g/mol. The molecule has 0 spiro atoms. The number of benzene rings is 2. The van der Waals surface area contributed by atoms with Crippen molar-refractivity contribution in [3.05, 3.63) is 53.6 Å². The van der Waals surface area contributed by atoms with Crippen LogP contribution in [0.15, 0.2) is 47.5 Å². The Kier molecular flexibility index (Phi) is 4.66. The second-order valence-electron chi connectivity index (χ2n) is 5.11. The quantitative estimate of drug-likeness (QED) is 0.891. The molecule has 0 amide bonds. The first kappa shape index (κ1) is 15.2. The number of hydrogen-bond acceptors (Lipinski definition) is 5. The minimum Gasteiger partial charge on any atom is -0.496 e. The molecule has 0 radical (unpaired) electrons.